The Balaban J connectivity index is 1.67. The number of halogens is 4. The van der Waals surface area contributed by atoms with Crippen LogP contribution in [0.25, 0.3) is 11.1 Å². The third-order valence-corrected chi connectivity index (χ3v) is 5.43. The number of aromatic nitrogens is 4. The van der Waals surface area contributed by atoms with Crippen LogP contribution in [0.2, 0.25) is 0 Å². The maximum Gasteiger partial charge on any atom is 0.695 e. The van der Waals surface area contributed by atoms with Crippen LogP contribution in [0.1, 0.15) is 5.56 Å². The molecule has 202 valence electrons. The van der Waals surface area contributed by atoms with Crippen LogP contribution in [0.3, 0.4) is 0 Å². The second kappa shape index (κ2) is 11.5. The van der Waals surface area contributed by atoms with Crippen LogP contribution in [0.15, 0.2) is 61.1 Å². The zero-order valence-corrected chi connectivity index (χ0v) is 20.8. The summed E-state index contributed by atoms with van der Waals surface area (Å²) in [6, 6.07) is 7.82. The highest BCUT2D eigenvalue weighted by Gasteiger charge is 2.30. The zero-order chi connectivity index (χ0) is 28.2. The van der Waals surface area contributed by atoms with Gasteiger partial charge in [0.1, 0.15) is 11.6 Å². The summed E-state index contributed by atoms with van der Waals surface area (Å²) in [5.41, 5.74) is 0.267. The van der Waals surface area contributed by atoms with Crippen LogP contribution in [-0.2, 0) is 27.1 Å². The van der Waals surface area contributed by atoms with Crippen LogP contribution in [0.4, 0.5) is 46.4 Å². The van der Waals surface area contributed by atoms with Crippen LogP contribution in [0.5, 0.6) is 0 Å². The summed E-state index contributed by atoms with van der Waals surface area (Å²) in [4.78, 5) is 29.2. The van der Waals surface area contributed by atoms with Gasteiger partial charge in [0.25, 0.3) is 5.91 Å². The minimum absolute atomic E-state index is 0.0409. The number of rotatable bonds is 9. The number of amides is 1. The number of hydrogen-bond acceptors (Lipinski definition) is 8. The standard InChI is InChI=1S/C23H18F4N7O4P/c1-34-11-16(9-29-34)31-22-28-10-17(13-2-4-14(5-3-13)23(25,26)27)21(33-22)32-19-8-15(6-7-18(19)24)30-20(35)12-38-39(36)37/h2-11H,12H2,1H3,(H3-,28,30,31,32,33,35,36,37)/p+1. The van der Waals surface area contributed by atoms with Gasteiger partial charge in [-0.2, -0.15) is 23.3 Å². The molecule has 0 aliphatic rings. The smallest absolute Gasteiger partial charge is 0.337 e. The van der Waals surface area contributed by atoms with Gasteiger partial charge in [0.2, 0.25) is 5.95 Å². The van der Waals surface area contributed by atoms with Crippen LogP contribution in [0, 0.1) is 5.82 Å². The van der Waals surface area contributed by atoms with Crippen LogP contribution >= 0.6 is 8.25 Å². The topological polar surface area (TPSA) is 143 Å². The Bertz CT molecular complexity index is 1510. The largest absolute Gasteiger partial charge is 0.695 e. The lowest BCUT2D eigenvalue weighted by Crippen LogP contribution is -2.16. The summed E-state index contributed by atoms with van der Waals surface area (Å²) >= 11 is 0. The van der Waals surface area contributed by atoms with Crippen molar-refractivity contribution in [3.05, 3.63) is 72.4 Å². The Kier molecular flexibility index (Phi) is 8.14. The molecule has 1 unspecified atom stereocenters. The van der Waals surface area contributed by atoms with E-state index in [9.17, 15) is 26.9 Å². The molecule has 1 atom stereocenters. The van der Waals surface area contributed by atoms with Gasteiger partial charge in [-0.25, -0.2) is 9.37 Å². The predicted molar refractivity (Wildman–Crippen MR) is 133 cm³/mol. The van der Waals surface area contributed by atoms with Gasteiger partial charge in [-0.3, -0.25) is 9.48 Å². The van der Waals surface area contributed by atoms with E-state index in [2.05, 4.69) is 35.5 Å². The number of anilines is 5. The minimum atomic E-state index is -4.53. The van der Waals surface area contributed by atoms with Gasteiger partial charge >= 0.3 is 14.4 Å². The molecule has 0 saturated carbocycles. The van der Waals surface area contributed by atoms with Gasteiger partial charge in [0, 0.05) is 35.3 Å². The lowest BCUT2D eigenvalue weighted by molar-refractivity contribution is -0.137. The molecular weight excluding hydrogens is 545 g/mol. The Hall–Kier alpha value is -4.46. The maximum atomic E-state index is 14.7. The van der Waals surface area contributed by atoms with E-state index in [1.54, 1.807) is 13.2 Å². The van der Waals surface area contributed by atoms with Crippen LogP contribution in [-0.4, -0.2) is 37.2 Å². The molecule has 4 aromatic rings. The van der Waals surface area contributed by atoms with Crippen molar-refractivity contribution in [2.45, 2.75) is 6.18 Å². The summed E-state index contributed by atoms with van der Waals surface area (Å²) in [7, 11) is -1.27. The summed E-state index contributed by atoms with van der Waals surface area (Å²) in [5.74, 6) is -1.37. The highest BCUT2D eigenvalue weighted by atomic mass is 31.1. The molecule has 2 aromatic heterocycles. The Morgan fingerprint density at radius 1 is 1.10 bits per heavy atom. The lowest BCUT2D eigenvalue weighted by atomic mass is 10.1. The molecule has 0 saturated heterocycles. The van der Waals surface area contributed by atoms with Crippen molar-refractivity contribution in [1.82, 2.24) is 19.7 Å². The number of nitrogens with zero attached hydrogens (tertiary/aromatic N) is 4. The molecule has 11 nitrogen and oxygen atoms in total. The molecule has 4 N–H and O–H groups in total. The van der Waals surface area contributed by atoms with E-state index < -0.39 is 38.3 Å². The molecular formula is C23H19F4N7O4P+. The monoisotopic (exact) mass is 564 g/mol. The number of nitrogens with one attached hydrogen (secondary N) is 3. The van der Waals surface area contributed by atoms with Gasteiger partial charge in [0.05, 0.1) is 23.1 Å². The summed E-state index contributed by atoms with van der Waals surface area (Å²) < 4.78 is 70.4. The number of carbonyl (C=O) groups is 1. The average Bonchev–Trinajstić information content (AvgIpc) is 3.29. The van der Waals surface area contributed by atoms with Crippen molar-refractivity contribution in [2.75, 3.05) is 22.6 Å². The van der Waals surface area contributed by atoms with Crippen molar-refractivity contribution in [1.29, 1.82) is 0 Å². The second-order valence-electron chi connectivity index (χ2n) is 7.94. The number of hydrogen-bond donors (Lipinski definition) is 4. The molecule has 0 spiro atoms. The minimum Gasteiger partial charge on any atom is -0.337 e. The Morgan fingerprint density at radius 3 is 2.49 bits per heavy atom. The molecule has 0 radical (unpaired) electrons. The Morgan fingerprint density at radius 2 is 1.85 bits per heavy atom. The van der Waals surface area contributed by atoms with Gasteiger partial charge in [-0.15, -0.1) is 9.42 Å². The highest BCUT2D eigenvalue weighted by molar-refractivity contribution is 7.32. The molecule has 2 aromatic carbocycles. The number of benzene rings is 2. The summed E-state index contributed by atoms with van der Waals surface area (Å²) in [6.07, 6.45) is -0.00142. The molecule has 0 bridgehead atoms. The van der Waals surface area contributed by atoms with E-state index in [4.69, 9.17) is 4.89 Å². The normalized spacial score (nSPS) is 11.7. The zero-order valence-electron chi connectivity index (χ0n) is 19.9. The third-order valence-electron chi connectivity index (χ3n) is 5.08. The SMILES string of the molecule is Cn1cc(Nc2ncc(-c3ccc(C(F)(F)F)cc3)c(Nc3cc(NC(=O)CO[P+](=O)O)ccc3F)n2)cn1. The number of alkyl halides is 3. The quantitative estimate of drug-likeness (QED) is 0.161. The molecule has 1 amide bonds. The molecule has 0 aliphatic heterocycles. The summed E-state index contributed by atoms with van der Waals surface area (Å²) in [5, 5.41) is 12.2. The fourth-order valence-electron chi connectivity index (χ4n) is 3.34. The van der Waals surface area contributed by atoms with E-state index in [-0.39, 0.29) is 28.7 Å². The first-order valence-electron chi connectivity index (χ1n) is 10.9. The van der Waals surface area contributed by atoms with Crippen LogP contribution < -0.4 is 16.0 Å². The molecule has 0 aliphatic carbocycles. The Labute approximate surface area is 218 Å². The number of carbonyl (C=O) groups excluding carboxylic acids is 1. The third kappa shape index (κ3) is 7.31. The molecule has 0 fully saturated rings. The van der Waals surface area contributed by atoms with Gasteiger partial charge < -0.3 is 16.0 Å². The average molecular weight is 564 g/mol. The van der Waals surface area contributed by atoms with E-state index in [0.717, 1.165) is 18.2 Å². The molecule has 16 heteroatoms. The predicted octanol–water partition coefficient (Wildman–Crippen LogP) is 5.13. The number of aryl methyl sites for hydroxylation is 1. The second-order valence-corrected chi connectivity index (χ2v) is 8.67. The van der Waals surface area contributed by atoms with Crippen molar-refractivity contribution in [2.24, 2.45) is 7.05 Å². The van der Waals surface area contributed by atoms with Gasteiger partial charge in [0.15, 0.2) is 6.61 Å². The highest BCUT2D eigenvalue weighted by Crippen LogP contribution is 2.34. The first-order chi connectivity index (χ1) is 18.5. The van der Waals surface area contributed by atoms with Gasteiger partial charge in [-0.1, -0.05) is 12.1 Å². The van der Waals surface area contributed by atoms with Crippen molar-refractivity contribution >= 4 is 43.0 Å². The van der Waals surface area contributed by atoms with E-state index in [1.807, 2.05) is 0 Å². The van der Waals surface area contributed by atoms with E-state index in [0.29, 0.717) is 11.3 Å². The van der Waals surface area contributed by atoms with E-state index >= 15 is 0 Å². The maximum absolute atomic E-state index is 14.7. The fourth-order valence-corrected chi connectivity index (χ4v) is 3.57. The lowest BCUT2D eigenvalue weighted by Gasteiger charge is -2.15. The van der Waals surface area contributed by atoms with Crippen molar-refractivity contribution in [3.8, 4) is 11.1 Å². The van der Waals surface area contributed by atoms with Crippen molar-refractivity contribution < 1.29 is 36.3 Å². The van der Waals surface area contributed by atoms with Gasteiger partial charge in [-0.05, 0) is 35.9 Å². The molecule has 4 rings (SSSR count). The molecule has 2 heterocycles. The first kappa shape index (κ1) is 27.6. The fraction of sp³-hybridized carbons (Fsp3) is 0.130. The molecule has 39 heavy (non-hydrogen) atoms. The first-order valence-corrected chi connectivity index (χ1v) is 12.1. The summed E-state index contributed by atoms with van der Waals surface area (Å²) in [6.45, 7) is -0.709. The van der Waals surface area contributed by atoms with Crippen molar-refractivity contribution in [3.63, 3.8) is 0 Å². The van der Waals surface area contributed by atoms with E-state index in [1.165, 1.54) is 41.3 Å².